The molecule has 0 bridgehead atoms. The molecule has 1 atom stereocenters. The van der Waals surface area contributed by atoms with Gasteiger partial charge in [-0.05, 0) is 81.4 Å². The van der Waals surface area contributed by atoms with Gasteiger partial charge in [-0.25, -0.2) is 0 Å². The van der Waals surface area contributed by atoms with Crippen LogP contribution in [0.4, 0.5) is 0 Å². The number of benzene rings is 3. The van der Waals surface area contributed by atoms with E-state index >= 15 is 0 Å². The molecule has 0 spiro atoms. The molecule has 3 rings (SSSR count). The Kier molecular flexibility index (Phi) is 11.5. The first-order valence-corrected chi connectivity index (χ1v) is 14.4. The molecule has 3 aromatic rings. The molecule has 0 aliphatic rings. The topological polar surface area (TPSA) is 58.4 Å². The lowest BCUT2D eigenvalue weighted by Crippen LogP contribution is -2.53. The van der Waals surface area contributed by atoms with E-state index in [1.54, 1.807) is 13.8 Å². The van der Waals surface area contributed by atoms with Crippen molar-refractivity contribution in [1.82, 2.24) is 10.2 Å². The normalized spacial score (nSPS) is 12.2. The Labute approximate surface area is 247 Å². The number of rotatable bonds is 13. The molecule has 0 aliphatic heterocycles. The van der Waals surface area contributed by atoms with E-state index in [1.807, 2.05) is 50.3 Å². The van der Waals surface area contributed by atoms with E-state index in [0.717, 1.165) is 23.4 Å². The Morgan fingerprint density at radius 2 is 1.56 bits per heavy atom. The van der Waals surface area contributed by atoms with E-state index in [2.05, 4.69) is 90.1 Å². The SMILES string of the molecule is C=C(Cc1ccccc1)N(CCc1ccccc1)C(=C=CC)[C@@H](C/C(=C/C)c1ccccc1C)NC(=O)C(C)(C)N. The standard InChI is InChI=1S/C37H45N3O/c1-7-17-35(34(39-36(41)37(5,6)38)27-32(8-2)33-23-16-15-18-28(33)3)40(25-24-30-19-11-9-12-20-30)29(4)26-31-21-13-10-14-22-31/h7-16,18-23,34H,4,24-27,38H2,1-3,5-6H3,(H,39,41)/b32-8-/t17?,34-/m1/s1. The van der Waals surface area contributed by atoms with Gasteiger partial charge in [0.15, 0.2) is 0 Å². The van der Waals surface area contributed by atoms with Crippen LogP contribution in [0.2, 0.25) is 0 Å². The minimum absolute atomic E-state index is 0.213. The lowest BCUT2D eigenvalue weighted by molar-refractivity contribution is -0.125. The van der Waals surface area contributed by atoms with Crippen molar-refractivity contribution in [1.29, 1.82) is 0 Å². The van der Waals surface area contributed by atoms with E-state index in [9.17, 15) is 4.79 Å². The van der Waals surface area contributed by atoms with Crippen molar-refractivity contribution in [2.45, 2.75) is 65.5 Å². The number of allylic oxidation sites excluding steroid dienone is 2. The predicted octanol–water partition coefficient (Wildman–Crippen LogP) is 7.37. The number of carbonyl (C=O) groups excluding carboxylic acids is 1. The number of carbonyl (C=O) groups is 1. The van der Waals surface area contributed by atoms with Crippen LogP contribution in [0, 0.1) is 6.92 Å². The van der Waals surface area contributed by atoms with Crippen molar-refractivity contribution in [3.05, 3.63) is 143 Å². The summed E-state index contributed by atoms with van der Waals surface area (Å²) in [6.45, 7) is 14.8. The second-order valence-corrected chi connectivity index (χ2v) is 11.0. The number of hydrogen-bond donors (Lipinski definition) is 2. The summed E-state index contributed by atoms with van der Waals surface area (Å²) in [4.78, 5) is 15.6. The van der Waals surface area contributed by atoms with Gasteiger partial charge in [-0.3, -0.25) is 4.79 Å². The molecular weight excluding hydrogens is 502 g/mol. The molecule has 0 unspecified atom stereocenters. The van der Waals surface area contributed by atoms with Gasteiger partial charge in [0.05, 0.1) is 17.3 Å². The van der Waals surface area contributed by atoms with Gasteiger partial charge in [0.25, 0.3) is 0 Å². The Hall–Kier alpha value is -4.11. The highest BCUT2D eigenvalue weighted by molar-refractivity contribution is 5.86. The van der Waals surface area contributed by atoms with Gasteiger partial charge < -0.3 is 16.0 Å². The molecule has 4 nitrogen and oxygen atoms in total. The van der Waals surface area contributed by atoms with E-state index < -0.39 is 5.54 Å². The van der Waals surface area contributed by atoms with Crippen molar-refractivity contribution in [3.8, 4) is 0 Å². The zero-order valence-corrected chi connectivity index (χ0v) is 25.3. The van der Waals surface area contributed by atoms with Crippen molar-refractivity contribution in [2.75, 3.05) is 6.54 Å². The zero-order valence-electron chi connectivity index (χ0n) is 25.3. The molecule has 3 N–H and O–H groups in total. The van der Waals surface area contributed by atoms with E-state index in [1.165, 1.54) is 22.3 Å². The average molecular weight is 548 g/mol. The smallest absolute Gasteiger partial charge is 0.240 e. The molecule has 4 heteroatoms. The van der Waals surface area contributed by atoms with Gasteiger partial charge in [-0.1, -0.05) is 97.6 Å². The maximum absolute atomic E-state index is 13.4. The van der Waals surface area contributed by atoms with Crippen molar-refractivity contribution in [2.24, 2.45) is 5.73 Å². The monoisotopic (exact) mass is 547 g/mol. The summed E-state index contributed by atoms with van der Waals surface area (Å²) in [6.07, 6.45) is 6.13. The summed E-state index contributed by atoms with van der Waals surface area (Å²) >= 11 is 0. The number of aryl methyl sites for hydroxylation is 1. The minimum Gasteiger partial charge on any atom is -0.345 e. The maximum atomic E-state index is 13.4. The number of nitrogens with two attached hydrogens (primary N) is 1. The molecular formula is C37H45N3O. The van der Waals surface area contributed by atoms with Crippen LogP contribution in [-0.2, 0) is 17.6 Å². The quantitative estimate of drug-likeness (QED) is 0.220. The highest BCUT2D eigenvalue weighted by atomic mass is 16.2. The summed E-state index contributed by atoms with van der Waals surface area (Å²) in [5, 5.41) is 3.29. The maximum Gasteiger partial charge on any atom is 0.240 e. The van der Waals surface area contributed by atoms with Gasteiger partial charge in [0.2, 0.25) is 5.91 Å². The first kappa shape index (κ1) is 31.4. The van der Waals surface area contributed by atoms with Gasteiger partial charge >= 0.3 is 0 Å². The van der Waals surface area contributed by atoms with E-state index in [4.69, 9.17) is 5.73 Å². The fraction of sp³-hybridized carbons (Fsp3) is 0.297. The molecule has 3 aromatic carbocycles. The Balaban J connectivity index is 2.07. The molecule has 1 amide bonds. The minimum atomic E-state index is -1.03. The third-order valence-corrected chi connectivity index (χ3v) is 7.17. The summed E-state index contributed by atoms with van der Waals surface area (Å²) < 4.78 is 0. The van der Waals surface area contributed by atoms with Crippen LogP contribution >= 0.6 is 0 Å². The highest BCUT2D eigenvalue weighted by Gasteiger charge is 2.30. The third-order valence-electron chi connectivity index (χ3n) is 7.17. The van der Waals surface area contributed by atoms with Crippen LogP contribution in [0.1, 0.15) is 56.4 Å². The molecule has 0 saturated heterocycles. The summed E-state index contributed by atoms with van der Waals surface area (Å²) in [7, 11) is 0. The third kappa shape index (κ3) is 9.21. The molecule has 214 valence electrons. The van der Waals surface area contributed by atoms with Gasteiger partial charge in [0, 0.05) is 18.7 Å². The molecule has 0 aliphatic carbocycles. The van der Waals surface area contributed by atoms with Crippen molar-refractivity contribution in [3.63, 3.8) is 0 Å². The number of hydrogen-bond acceptors (Lipinski definition) is 3. The zero-order chi connectivity index (χ0) is 29.8. The summed E-state index contributed by atoms with van der Waals surface area (Å²) in [6, 6.07) is 28.8. The van der Waals surface area contributed by atoms with Crippen LogP contribution in [0.15, 0.2) is 121 Å². The number of amides is 1. The van der Waals surface area contributed by atoms with Crippen LogP contribution in [0.3, 0.4) is 0 Å². The molecule has 0 heterocycles. The van der Waals surface area contributed by atoms with E-state index in [0.29, 0.717) is 19.4 Å². The second kappa shape index (κ2) is 15.0. The molecule has 41 heavy (non-hydrogen) atoms. The second-order valence-electron chi connectivity index (χ2n) is 11.0. The van der Waals surface area contributed by atoms with Gasteiger partial charge in [0.1, 0.15) is 0 Å². The van der Waals surface area contributed by atoms with Crippen LogP contribution in [0.5, 0.6) is 0 Å². The largest absolute Gasteiger partial charge is 0.345 e. The molecule has 0 radical (unpaired) electrons. The highest BCUT2D eigenvalue weighted by Crippen LogP contribution is 2.29. The first-order valence-electron chi connectivity index (χ1n) is 14.4. The Morgan fingerprint density at radius 3 is 2.12 bits per heavy atom. The summed E-state index contributed by atoms with van der Waals surface area (Å²) in [5.74, 6) is -0.213. The Bertz CT molecular complexity index is 1390. The molecule has 0 fully saturated rings. The lowest BCUT2D eigenvalue weighted by atomic mass is 9.92. The predicted molar refractivity (Wildman–Crippen MR) is 173 cm³/mol. The molecule has 0 aromatic heterocycles. The van der Waals surface area contributed by atoms with Crippen LogP contribution in [-0.4, -0.2) is 28.9 Å². The fourth-order valence-corrected chi connectivity index (χ4v) is 4.87. The van der Waals surface area contributed by atoms with Gasteiger partial charge in [-0.15, -0.1) is 5.73 Å². The van der Waals surface area contributed by atoms with Crippen LogP contribution in [0.25, 0.3) is 5.57 Å². The lowest BCUT2D eigenvalue weighted by Gasteiger charge is -2.35. The number of nitrogens with zero attached hydrogens (tertiary/aromatic N) is 1. The Morgan fingerprint density at radius 1 is 0.976 bits per heavy atom. The van der Waals surface area contributed by atoms with Crippen molar-refractivity contribution < 1.29 is 4.79 Å². The summed E-state index contributed by atoms with van der Waals surface area (Å²) in [5.41, 5.74) is 16.5. The molecule has 0 saturated carbocycles. The average Bonchev–Trinajstić information content (AvgIpc) is 2.96. The van der Waals surface area contributed by atoms with Gasteiger partial charge in [-0.2, -0.15) is 0 Å². The fourth-order valence-electron chi connectivity index (χ4n) is 4.87. The van der Waals surface area contributed by atoms with Crippen molar-refractivity contribution >= 4 is 11.5 Å². The number of nitrogens with one attached hydrogen (secondary N) is 1. The van der Waals surface area contributed by atoms with E-state index in [-0.39, 0.29) is 11.9 Å². The van der Waals surface area contributed by atoms with Crippen LogP contribution < -0.4 is 11.1 Å². The first-order chi connectivity index (χ1) is 19.6.